The molecule has 0 aliphatic heterocycles. The third kappa shape index (κ3) is 11.8. The van der Waals surface area contributed by atoms with Gasteiger partial charge in [0.15, 0.2) is 0 Å². The van der Waals surface area contributed by atoms with E-state index in [2.05, 4.69) is 45.1 Å². The summed E-state index contributed by atoms with van der Waals surface area (Å²) in [7, 11) is 4.19. The van der Waals surface area contributed by atoms with Gasteiger partial charge in [0.2, 0.25) is 0 Å². The van der Waals surface area contributed by atoms with E-state index in [1.165, 1.54) is 0 Å². The average molecular weight is 216 g/mol. The second-order valence-electron chi connectivity index (χ2n) is 4.91. The lowest BCUT2D eigenvalue weighted by atomic mass is 10.1. The van der Waals surface area contributed by atoms with E-state index in [4.69, 9.17) is 4.74 Å². The van der Waals surface area contributed by atoms with Gasteiger partial charge in [-0.15, -0.1) is 0 Å². The number of nitrogens with one attached hydrogen (secondary N) is 1. The number of likely N-dealkylation sites (N-methyl/N-ethyl adjacent to an activating group) is 1. The molecule has 1 N–H and O–H groups in total. The lowest BCUT2D eigenvalue weighted by Crippen LogP contribution is -2.37. The van der Waals surface area contributed by atoms with E-state index in [1.54, 1.807) is 0 Å². The normalized spacial score (nSPS) is 13.8. The molecule has 3 heteroatoms. The van der Waals surface area contributed by atoms with Gasteiger partial charge in [0, 0.05) is 25.7 Å². The zero-order valence-corrected chi connectivity index (χ0v) is 11.0. The van der Waals surface area contributed by atoms with Crippen LogP contribution in [-0.2, 0) is 4.74 Å². The Morgan fingerprint density at radius 3 is 2.33 bits per heavy atom. The highest BCUT2D eigenvalue weighted by molar-refractivity contribution is 4.62. The number of nitrogens with zero attached hydrogens (tertiary/aromatic N) is 1. The van der Waals surface area contributed by atoms with Gasteiger partial charge < -0.3 is 15.0 Å². The van der Waals surface area contributed by atoms with Gasteiger partial charge in [0.25, 0.3) is 0 Å². The Labute approximate surface area is 95.2 Å². The maximum atomic E-state index is 5.52. The van der Waals surface area contributed by atoms with Gasteiger partial charge >= 0.3 is 0 Å². The summed E-state index contributed by atoms with van der Waals surface area (Å²) in [5.74, 6) is 0.741. The SMILES string of the molecule is CC(C)CCOCCNC(C)CN(C)C. The Bertz CT molecular complexity index is 138. The van der Waals surface area contributed by atoms with Gasteiger partial charge in [0.1, 0.15) is 0 Å². The highest BCUT2D eigenvalue weighted by atomic mass is 16.5. The van der Waals surface area contributed by atoms with Gasteiger partial charge in [0.05, 0.1) is 6.61 Å². The molecule has 0 amide bonds. The molecule has 0 aromatic carbocycles. The first kappa shape index (κ1) is 14.9. The Morgan fingerprint density at radius 2 is 1.80 bits per heavy atom. The molecule has 0 bridgehead atoms. The molecule has 0 aromatic heterocycles. The molecule has 0 aromatic rings. The van der Waals surface area contributed by atoms with Crippen LogP contribution < -0.4 is 5.32 Å². The standard InChI is InChI=1S/C12H28N2O/c1-11(2)6-8-15-9-7-13-12(3)10-14(4)5/h11-13H,6-10H2,1-5H3. The monoisotopic (exact) mass is 216 g/mol. The second-order valence-corrected chi connectivity index (χ2v) is 4.91. The van der Waals surface area contributed by atoms with Crippen molar-refractivity contribution in [2.24, 2.45) is 5.92 Å². The topological polar surface area (TPSA) is 24.5 Å². The van der Waals surface area contributed by atoms with Crippen LogP contribution in [0.15, 0.2) is 0 Å². The third-order valence-corrected chi connectivity index (χ3v) is 2.22. The van der Waals surface area contributed by atoms with Crippen LogP contribution in [0.4, 0.5) is 0 Å². The maximum absolute atomic E-state index is 5.52. The fourth-order valence-electron chi connectivity index (χ4n) is 1.41. The Balaban J connectivity index is 3.16. The minimum atomic E-state index is 0.536. The average Bonchev–Trinajstić information content (AvgIpc) is 2.09. The van der Waals surface area contributed by atoms with Crippen LogP contribution in [0.1, 0.15) is 27.2 Å². The van der Waals surface area contributed by atoms with Crippen molar-refractivity contribution in [3.05, 3.63) is 0 Å². The predicted octanol–water partition coefficient (Wildman–Crippen LogP) is 1.59. The molecule has 0 aliphatic carbocycles. The molecule has 0 aliphatic rings. The summed E-state index contributed by atoms with van der Waals surface area (Å²) in [6.07, 6.45) is 1.16. The molecule has 0 saturated heterocycles. The van der Waals surface area contributed by atoms with Crippen LogP contribution >= 0.6 is 0 Å². The molecule has 0 heterocycles. The van der Waals surface area contributed by atoms with E-state index in [0.717, 1.165) is 38.6 Å². The molecule has 0 fully saturated rings. The Morgan fingerprint density at radius 1 is 1.13 bits per heavy atom. The summed E-state index contributed by atoms with van der Waals surface area (Å²) < 4.78 is 5.52. The first-order valence-corrected chi connectivity index (χ1v) is 5.98. The number of hydrogen-bond donors (Lipinski definition) is 1. The van der Waals surface area contributed by atoms with E-state index in [-0.39, 0.29) is 0 Å². The van der Waals surface area contributed by atoms with Gasteiger partial charge in [-0.05, 0) is 33.4 Å². The Kier molecular flexibility index (Phi) is 9.06. The minimum Gasteiger partial charge on any atom is -0.380 e. The molecule has 0 rings (SSSR count). The molecule has 92 valence electrons. The summed E-state index contributed by atoms with van der Waals surface area (Å²) in [6, 6.07) is 0.536. The fourth-order valence-corrected chi connectivity index (χ4v) is 1.41. The Hall–Kier alpha value is -0.120. The molecular formula is C12H28N2O. The van der Waals surface area contributed by atoms with Gasteiger partial charge in [-0.2, -0.15) is 0 Å². The van der Waals surface area contributed by atoms with Crippen LogP contribution in [0.25, 0.3) is 0 Å². The zero-order chi connectivity index (χ0) is 11.7. The van der Waals surface area contributed by atoms with Gasteiger partial charge in [-0.3, -0.25) is 0 Å². The molecule has 1 atom stereocenters. The van der Waals surface area contributed by atoms with Crippen molar-refractivity contribution in [2.45, 2.75) is 33.2 Å². The molecular weight excluding hydrogens is 188 g/mol. The fraction of sp³-hybridized carbons (Fsp3) is 1.00. The highest BCUT2D eigenvalue weighted by Gasteiger charge is 2.01. The zero-order valence-electron chi connectivity index (χ0n) is 11.0. The van der Waals surface area contributed by atoms with E-state index in [1.807, 2.05) is 0 Å². The van der Waals surface area contributed by atoms with Crippen molar-refractivity contribution in [3.63, 3.8) is 0 Å². The van der Waals surface area contributed by atoms with E-state index >= 15 is 0 Å². The molecule has 0 radical (unpaired) electrons. The van der Waals surface area contributed by atoms with E-state index < -0.39 is 0 Å². The van der Waals surface area contributed by atoms with Crippen molar-refractivity contribution in [1.29, 1.82) is 0 Å². The first-order valence-electron chi connectivity index (χ1n) is 5.98. The van der Waals surface area contributed by atoms with Gasteiger partial charge in [-0.25, -0.2) is 0 Å². The molecule has 3 nitrogen and oxygen atoms in total. The van der Waals surface area contributed by atoms with E-state index in [9.17, 15) is 0 Å². The third-order valence-electron chi connectivity index (χ3n) is 2.22. The van der Waals surface area contributed by atoms with Crippen molar-refractivity contribution in [1.82, 2.24) is 10.2 Å². The number of rotatable bonds is 9. The molecule has 1 unspecified atom stereocenters. The van der Waals surface area contributed by atoms with Crippen LogP contribution in [0, 0.1) is 5.92 Å². The van der Waals surface area contributed by atoms with Crippen LogP contribution in [0.3, 0.4) is 0 Å². The number of ether oxygens (including phenoxy) is 1. The molecule has 15 heavy (non-hydrogen) atoms. The van der Waals surface area contributed by atoms with Gasteiger partial charge in [-0.1, -0.05) is 13.8 Å². The maximum Gasteiger partial charge on any atom is 0.0591 e. The van der Waals surface area contributed by atoms with E-state index in [0.29, 0.717) is 6.04 Å². The quantitative estimate of drug-likeness (QED) is 0.592. The van der Waals surface area contributed by atoms with Crippen molar-refractivity contribution >= 4 is 0 Å². The summed E-state index contributed by atoms with van der Waals surface area (Å²) in [5, 5.41) is 3.44. The summed E-state index contributed by atoms with van der Waals surface area (Å²) in [5.41, 5.74) is 0. The van der Waals surface area contributed by atoms with Crippen molar-refractivity contribution < 1.29 is 4.74 Å². The molecule has 0 spiro atoms. The second kappa shape index (κ2) is 9.13. The number of hydrogen-bond acceptors (Lipinski definition) is 3. The summed E-state index contributed by atoms with van der Waals surface area (Å²) in [4.78, 5) is 2.19. The van der Waals surface area contributed by atoms with Crippen LogP contribution in [-0.4, -0.2) is 51.3 Å². The smallest absolute Gasteiger partial charge is 0.0591 e. The van der Waals surface area contributed by atoms with Crippen LogP contribution in [0.2, 0.25) is 0 Å². The minimum absolute atomic E-state index is 0.536. The van der Waals surface area contributed by atoms with Crippen molar-refractivity contribution in [3.8, 4) is 0 Å². The van der Waals surface area contributed by atoms with Crippen molar-refractivity contribution in [2.75, 3.05) is 40.4 Å². The summed E-state index contributed by atoms with van der Waals surface area (Å²) in [6.45, 7) is 10.4. The largest absolute Gasteiger partial charge is 0.380 e. The molecule has 0 saturated carbocycles. The lowest BCUT2D eigenvalue weighted by molar-refractivity contribution is 0.123. The lowest BCUT2D eigenvalue weighted by Gasteiger charge is -2.18. The first-order chi connectivity index (χ1) is 7.02. The summed E-state index contributed by atoms with van der Waals surface area (Å²) >= 11 is 0. The predicted molar refractivity (Wildman–Crippen MR) is 66.3 cm³/mol. The highest BCUT2D eigenvalue weighted by Crippen LogP contribution is 1.98. The van der Waals surface area contributed by atoms with Crippen LogP contribution in [0.5, 0.6) is 0 Å².